The quantitative estimate of drug-likeness (QED) is 0.400. The molecule has 0 aliphatic rings. The second kappa shape index (κ2) is 8.70. The van der Waals surface area contributed by atoms with Gasteiger partial charge in [0.1, 0.15) is 0 Å². The molecule has 0 spiro atoms. The SMILES string of the molecule is C/C=C/CCCCCC[O]. The van der Waals surface area contributed by atoms with Gasteiger partial charge in [0, 0.05) is 0 Å². The lowest BCUT2D eigenvalue weighted by Gasteiger charge is -1.94. The first-order valence-electron chi connectivity index (χ1n) is 4.11. The Kier molecular flexibility index (Phi) is 8.44. The van der Waals surface area contributed by atoms with E-state index in [2.05, 4.69) is 12.2 Å². The minimum absolute atomic E-state index is 0.101. The van der Waals surface area contributed by atoms with Crippen LogP contribution in [0.3, 0.4) is 0 Å². The Bertz CT molecular complexity index is 76.8. The molecule has 0 aromatic rings. The first kappa shape index (κ1) is 9.70. The minimum Gasteiger partial charge on any atom is -0.237 e. The van der Waals surface area contributed by atoms with Gasteiger partial charge in [-0.2, -0.15) is 0 Å². The lowest BCUT2D eigenvalue weighted by atomic mass is 10.1. The van der Waals surface area contributed by atoms with Crippen molar-refractivity contribution in [2.45, 2.75) is 39.0 Å². The van der Waals surface area contributed by atoms with Crippen LogP contribution in [0.4, 0.5) is 0 Å². The van der Waals surface area contributed by atoms with E-state index in [0.29, 0.717) is 0 Å². The first-order valence-corrected chi connectivity index (χ1v) is 4.11. The maximum atomic E-state index is 10.0. The van der Waals surface area contributed by atoms with Crippen molar-refractivity contribution >= 4 is 0 Å². The van der Waals surface area contributed by atoms with Gasteiger partial charge in [-0.1, -0.05) is 25.0 Å². The molecule has 59 valence electrons. The van der Waals surface area contributed by atoms with Crippen molar-refractivity contribution in [1.29, 1.82) is 0 Å². The van der Waals surface area contributed by atoms with Crippen molar-refractivity contribution in [2.75, 3.05) is 6.61 Å². The summed E-state index contributed by atoms with van der Waals surface area (Å²) in [6, 6.07) is 0. The summed E-state index contributed by atoms with van der Waals surface area (Å²) in [6.07, 6.45) is 9.86. The van der Waals surface area contributed by atoms with Gasteiger partial charge in [0.05, 0.1) is 6.61 Å². The molecule has 0 aliphatic carbocycles. The van der Waals surface area contributed by atoms with Crippen LogP contribution >= 0.6 is 0 Å². The number of allylic oxidation sites excluding steroid dienone is 2. The van der Waals surface area contributed by atoms with Crippen LogP contribution in [0.2, 0.25) is 0 Å². The maximum absolute atomic E-state index is 10.0. The third-order valence-electron chi connectivity index (χ3n) is 1.50. The molecule has 0 amide bonds. The molecule has 0 atom stereocenters. The van der Waals surface area contributed by atoms with Crippen LogP contribution in [0.5, 0.6) is 0 Å². The van der Waals surface area contributed by atoms with Crippen molar-refractivity contribution in [3.63, 3.8) is 0 Å². The van der Waals surface area contributed by atoms with E-state index in [1.54, 1.807) is 0 Å². The predicted molar refractivity (Wildman–Crippen MR) is 43.5 cm³/mol. The van der Waals surface area contributed by atoms with E-state index in [0.717, 1.165) is 12.8 Å². The normalized spacial score (nSPS) is 11.0. The number of unbranched alkanes of at least 4 members (excludes halogenated alkanes) is 4. The number of rotatable bonds is 6. The molecule has 10 heavy (non-hydrogen) atoms. The first-order chi connectivity index (χ1) is 4.91. The molecule has 0 N–H and O–H groups in total. The summed E-state index contributed by atoms with van der Waals surface area (Å²) in [5.41, 5.74) is 0. The largest absolute Gasteiger partial charge is 0.237 e. The number of hydrogen-bond acceptors (Lipinski definition) is 0. The standard InChI is InChI=1S/C9H17O/c1-2-3-4-5-6-7-8-9-10/h2-3H,4-9H2,1H3/b3-2+. The van der Waals surface area contributed by atoms with Gasteiger partial charge in [0.25, 0.3) is 0 Å². The molecule has 0 aromatic carbocycles. The summed E-state index contributed by atoms with van der Waals surface area (Å²) in [5.74, 6) is 0. The molecular formula is C9H17O. The molecule has 0 saturated carbocycles. The highest BCUT2D eigenvalue weighted by Crippen LogP contribution is 2.02. The van der Waals surface area contributed by atoms with E-state index in [9.17, 15) is 5.11 Å². The average molecular weight is 141 g/mol. The Morgan fingerprint density at radius 2 is 1.80 bits per heavy atom. The van der Waals surface area contributed by atoms with Crippen molar-refractivity contribution in [1.82, 2.24) is 0 Å². The summed E-state index contributed by atoms with van der Waals surface area (Å²) in [4.78, 5) is 0. The Morgan fingerprint density at radius 3 is 2.40 bits per heavy atom. The molecular weight excluding hydrogens is 124 g/mol. The Morgan fingerprint density at radius 1 is 1.10 bits per heavy atom. The molecule has 0 heterocycles. The average Bonchev–Trinajstić information content (AvgIpc) is 1.97. The molecule has 0 fully saturated rings. The van der Waals surface area contributed by atoms with E-state index in [4.69, 9.17) is 0 Å². The van der Waals surface area contributed by atoms with E-state index < -0.39 is 0 Å². The Labute approximate surface area is 63.8 Å². The molecule has 0 aliphatic heterocycles. The summed E-state index contributed by atoms with van der Waals surface area (Å²) in [6.45, 7) is 2.14. The Balaban J connectivity index is 2.77. The van der Waals surface area contributed by atoms with Gasteiger partial charge in [-0.25, -0.2) is 5.11 Å². The fourth-order valence-electron chi connectivity index (χ4n) is 0.884. The zero-order valence-corrected chi connectivity index (χ0v) is 6.81. The van der Waals surface area contributed by atoms with Gasteiger partial charge in [0.15, 0.2) is 0 Å². The fraction of sp³-hybridized carbons (Fsp3) is 0.778. The summed E-state index contributed by atoms with van der Waals surface area (Å²) in [7, 11) is 0. The van der Waals surface area contributed by atoms with E-state index in [-0.39, 0.29) is 6.61 Å². The van der Waals surface area contributed by atoms with Crippen LogP contribution in [0, 0.1) is 0 Å². The van der Waals surface area contributed by atoms with E-state index in [1.807, 2.05) is 6.92 Å². The molecule has 0 saturated heterocycles. The van der Waals surface area contributed by atoms with Crippen LogP contribution in [-0.4, -0.2) is 6.61 Å². The van der Waals surface area contributed by atoms with Crippen molar-refractivity contribution in [2.24, 2.45) is 0 Å². The topological polar surface area (TPSA) is 19.9 Å². The molecule has 1 nitrogen and oxygen atoms in total. The number of hydrogen-bond donors (Lipinski definition) is 0. The molecule has 1 radical (unpaired) electrons. The van der Waals surface area contributed by atoms with Crippen LogP contribution in [-0.2, 0) is 5.11 Å². The fourth-order valence-corrected chi connectivity index (χ4v) is 0.884. The summed E-state index contributed by atoms with van der Waals surface area (Å²) >= 11 is 0. The van der Waals surface area contributed by atoms with Gasteiger partial charge in [-0.3, -0.25) is 0 Å². The van der Waals surface area contributed by atoms with Crippen LogP contribution in [0.15, 0.2) is 12.2 Å². The predicted octanol–water partition coefficient (Wildman–Crippen LogP) is 2.94. The second-order valence-corrected chi connectivity index (χ2v) is 2.48. The van der Waals surface area contributed by atoms with Crippen LogP contribution < -0.4 is 0 Å². The van der Waals surface area contributed by atoms with Gasteiger partial charge < -0.3 is 0 Å². The second-order valence-electron chi connectivity index (χ2n) is 2.48. The smallest absolute Gasteiger partial charge is 0.0822 e. The Hall–Kier alpha value is -0.300. The van der Waals surface area contributed by atoms with E-state index in [1.165, 1.54) is 19.3 Å². The van der Waals surface area contributed by atoms with Gasteiger partial charge in [-0.05, 0) is 26.2 Å². The van der Waals surface area contributed by atoms with Gasteiger partial charge in [0.2, 0.25) is 0 Å². The van der Waals surface area contributed by atoms with Gasteiger partial charge >= 0.3 is 0 Å². The van der Waals surface area contributed by atoms with Crippen molar-refractivity contribution in [3.8, 4) is 0 Å². The van der Waals surface area contributed by atoms with E-state index >= 15 is 0 Å². The third kappa shape index (κ3) is 7.70. The van der Waals surface area contributed by atoms with Crippen molar-refractivity contribution < 1.29 is 5.11 Å². The van der Waals surface area contributed by atoms with Crippen LogP contribution in [0.25, 0.3) is 0 Å². The molecule has 0 unspecified atom stereocenters. The third-order valence-corrected chi connectivity index (χ3v) is 1.50. The lowest BCUT2D eigenvalue weighted by molar-refractivity contribution is 0.186. The maximum Gasteiger partial charge on any atom is 0.0822 e. The summed E-state index contributed by atoms with van der Waals surface area (Å²) < 4.78 is 0. The van der Waals surface area contributed by atoms with Crippen molar-refractivity contribution in [3.05, 3.63) is 12.2 Å². The monoisotopic (exact) mass is 141 g/mol. The minimum atomic E-state index is 0.101. The summed E-state index contributed by atoms with van der Waals surface area (Å²) in [5, 5.41) is 10.0. The zero-order chi connectivity index (χ0) is 7.66. The molecule has 0 rings (SSSR count). The zero-order valence-electron chi connectivity index (χ0n) is 6.81. The highest BCUT2D eigenvalue weighted by Gasteiger charge is 1.86. The van der Waals surface area contributed by atoms with Crippen LogP contribution in [0.1, 0.15) is 39.0 Å². The molecule has 0 bridgehead atoms. The molecule has 1 heteroatoms. The lowest BCUT2D eigenvalue weighted by Crippen LogP contribution is -1.80. The highest BCUT2D eigenvalue weighted by molar-refractivity contribution is 4.76. The van der Waals surface area contributed by atoms with Gasteiger partial charge in [-0.15, -0.1) is 0 Å². The molecule has 0 aromatic heterocycles. The highest BCUT2D eigenvalue weighted by atomic mass is 16.2.